The zero-order chi connectivity index (χ0) is 14.7. The lowest BCUT2D eigenvalue weighted by molar-refractivity contribution is 0.473. The monoisotopic (exact) mass is 283 g/mol. The highest BCUT2D eigenvalue weighted by atomic mass is 19.1. The molecule has 0 spiro atoms. The molecule has 0 bridgehead atoms. The minimum absolute atomic E-state index is 0.174. The highest BCUT2D eigenvalue weighted by molar-refractivity contribution is 5.33. The van der Waals surface area contributed by atoms with Crippen LogP contribution in [0, 0.1) is 5.82 Å². The van der Waals surface area contributed by atoms with E-state index in [0.29, 0.717) is 5.92 Å². The van der Waals surface area contributed by atoms with Crippen molar-refractivity contribution in [3.63, 3.8) is 0 Å². The van der Waals surface area contributed by atoms with E-state index in [0.717, 1.165) is 12.1 Å². The third kappa shape index (κ3) is 3.33. The maximum atomic E-state index is 13.0. The average Bonchev–Trinajstić information content (AvgIpc) is 2.53. The van der Waals surface area contributed by atoms with Gasteiger partial charge in [0.2, 0.25) is 0 Å². The molecule has 2 heteroatoms. The summed E-state index contributed by atoms with van der Waals surface area (Å²) in [6.45, 7) is 3.12. The first-order valence-corrected chi connectivity index (χ1v) is 7.80. The van der Waals surface area contributed by atoms with Crippen molar-refractivity contribution in [2.75, 3.05) is 6.54 Å². The molecule has 0 amide bonds. The molecule has 1 N–H and O–H groups in total. The molecule has 1 aliphatic rings. The van der Waals surface area contributed by atoms with Crippen molar-refractivity contribution in [1.29, 1.82) is 0 Å². The van der Waals surface area contributed by atoms with Gasteiger partial charge in [0.1, 0.15) is 5.82 Å². The Hall–Kier alpha value is -1.67. The molecule has 1 nitrogen and oxygen atoms in total. The Morgan fingerprint density at radius 1 is 1.14 bits per heavy atom. The lowest BCUT2D eigenvalue weighted by Crippen LogP contribution is -2.26. The van der Waals surface area contributed by atoms with Gasteiger partial charge in [-0.1, -0.05) is 36.4 Å². The van der Waals surface area contributed by atoms with Crippen LogP contribution in [0.15, 0.2) is 48.5 Å². The Kier molecular flexibility index (Phi) is 4.35. The molecule has 0 aliphatic heterocycles. The molecule has 2 unspecified atom stereocenters. The third-order valence-corrected chi connectivity index (χ3v) is 4.53. The fourth-order valence-corrected chi connectivity index (χ4v) is 3.25. The summed E-state index contributed by atoms with van der Waals surface area (Å²) in [7, 11) is 0. The molecule has 21 heavy (non-hydrogen) atoms. The first-order valence-electron chi connectivity index (χ1n) is 7.80. The SMILES string of the molecule is CC(NCC1CCCc2ccccc21)c1ccc(F)cc1. The van der Waals surface area contributed by atoms with E-state index in [4.69, 9.17) is 0 Å². The van der Waals surface area contributed by atoms with E-state index in [-0.39, 0.29) is 11.9 Å². The van der Waals surface area contributed by atoms with Crippen molar-refractivity contribution in [3.05, 3.63) is 71.0 Å². The van der Waals surface area contributed by atoms with Crippen LogP contribution in [0.4, 0.5) is 4.39 Å². The van der Waals surface area contributed by atoms with Gasteiger partial charge in [0.15, 0.2) is 0 Å². The molecule has 2 aromatic rings. The van der Waals surface area contributed by atoms with Gasteiger partial charge in [-0.2, -0.15) is 0 Å². The molecule has 0 saturated carbocycles. The van der Waals surface area contributed by atoms with E-state index in [1.807, 2.05) is 12.1 Å². The molecule has 2 atom stereocenters. The van der Waals surface area contributed by atoms with Gasteiger partial charge < -0.3 is 5.32 Å². The molecule has 0 fully saturated rings. The predicted molar refractivity (Wildman–Crippen MR) is 84.9 cm³/mol. The highest BCUT2D eigenvalue weighted by Gasteiger charge is 2.20. The number of aryl methyl sites for hydroxylation is 1. The third-order valence-electron chi connectivity index (χ3n) is 4.53. The van der Waals surface area contributed by atoms with Crippen LogP contribution in [-0.4, -0.2) is 6.54 Å². The lowest BCUT2D eigenvalue weighted by atomic mass is 9.82. The average molecular weight is 283 g/mol. The van der Waals surface area contributed by atoms with Crippen LogP contribution in [0.25, 0.3) is 0 Å². The molecule has 0 saturated heterocycles. The highest BCUT2D eigenvalue weighted by Crippen LogP contribution is 2.31. The molecule has 0 aromatic heterocycles. The van der Waals surface area contributed by atoms with Crippen molar-refractivity contribution in [3.8, 4) is 0 Å². The van der Waals surface area contributed by atoms with Crippen LogP contribution in [0.5, 0.6) is 0 Å². The van der Waals surface area contributed by atoms with Crippen molar-refractivity contribution in [1.82, 2.24) is 5.32 Å². The molecule has 0 radical (unpaired) electrons. The Morgan fingerprint density at radius 2 is 1.90 bits per heavy atom. The van der Waals surface area contributed by atoms with E-state index in [9.17, 15) is 4.39 Å². The van der Waals surface area contributed by atoms with Crippen LogP contribution in [0.3, 0.4) is 0 Å². The Labute approximate surface area is 126 Å². The lowest BCUT2D eigenvalue weighted by Gasteiger charge is -2.27. The molecule has 110 valence electrons. The minimum Gasteiger partial charge on any atom is -0.310 e. The Bertz CT molecular complexity index is 591. The van der Waals surface area contributed by atoms with Gasteiger partial charge in [-0.3, -0.25) is 0 Å². The number of rotatable bonds is 4. The first-order chi connectivity index (χ1) is 10.2. The summed E-state index contributed by atoms with van der Waals surface area (Å²) in [5.41, 5.74) is 4.15. The van der Waals surface area contributed by atoms with Crippen molar-refractivity contribution in [2.24, 2.45) is 0 Å². The maximum Gasteiger partial charge on any atom is 0.123 e. The second-order valence-corrected chi connectivity index (χ2v) is 5.97. The van der Waals surface area contributed by atoms with E-state index in [1.54, 1.807) is 0 Å². The van der Waals surface area contributed by atoms with E-state index in [1.165, 1.54) is 42.5 Å². The number of hydrogen-bond acceptors (Lipinski definition) is 1. The maximum absolute atomic E-state index is 13.0. The van der Waals surface area contributed by atoms with Crippen LogP contribution in [0.1, 0.15) is 48.4 Å². The summed E-state index contributed by atoms with van der Waals surface area (Å²) in [6, 6.07) is 15.8. The summed E-state index contributed by atoms with van der Waals surface area (Å²) >= 11 is 0. The van der Waals surface area contributed by atoms with Gasteiger partial charge in [-0.05, 0) is 60.9 Å². The van der Waals surface area contributed by atoms with Gasteiger partial charge in [-0.15, -0.1) is 0 Å². The summed E-state index contributed by atoms with van der Waals surface area (Å²) in [4.78, 5) is 0. The Morgan fingerprint density at radius 3 is 2.71 bits per heavy atom. The number of halogens is 1. The van der Waals surface area contributed by atoms with Crippen LogP contribution >= 0.6 is 0 Å². The van der Waals surface area contributed by atoms with Crippen LogP contribution in [0.2, 0.25) is 0 Å². The van der Waals surface area contributed by atoms with E-state index >= 15 is 0 Å². The van der Waals surface area contributed by atoms with Crippen molar-refractivity contribution >= 4 is 0 Å². The largest absolute Gasteiger partial charge is 0.310 e. The molecule has 0 heterocycles. The van der Waals surface area contributed by atoms with Crippen molar-refractivity contribution < 1.29 is 4.39 Å². The molecular weight excluding hydrogens is 261 g/mol. The summed E-state index contributed by atoms with van der Waals surface area (Å²) in [6.07, 6.45) is 3.73. The number of hydrogen-bond donors (Lipinski definition) is 1. The predicted octanol–water partition coefficient (Wildman–Crippen LogP) is 4.60. The summed E-state index contributed by atoms with van der Waals surface area (Å²) in [5.74, 6) is 0.421. The normalized spacial score (nSPS) is 19.0. The number of fused-ring (bicyclic) bond motifs is 1. The number of benzene rings is 2. The quantitative estimate of drug-likeness (QED) is 0.865. The standard InChI is InChI=1S/C19H22FN/c1-14(15-9-11-18(20)12-10-15)21-13-17-7-4-6-16-5-2-3-8-19(16)17/h2-3,5,8-12,14,17,21H,4,6-7,13H2,1H3. The van der Waals surface area contributed by atoms with Gasteiger partial charge in [0.25, 0.3) is 0 Å². The van der Waals surface area contributed by atoms with Crippen molar-refractivity contribution in [2.45, 2.75) is 38.1 Å². The van der Waals surface area contributed by atoms with Crippen LogP contribution < -0.4 is 5.32 Å². The molecular formula is C19H22FN. The smallest absolute Gasteiger partial charge is 0.123 e. The first kappa shape index (κ1) is 14.3. The topological polar surface area (TPSA) is 12.0 Å². The summed E-state index contributed by atoms with van der Waals surface area (Å²) < 4.78 is 13.0. The second kappa shape index (κ2) is 6.40. The Balaban J connectivity index is 1.64. The van der Waals surface area contributed by atoms with Gasteiger partial charge >= 0.3 is 0 Å². The minimum atomic E-state index is -0.174. The van der Waals surface area contributed by atoms with Gasteiger partial charge in [0, 0.05) is 12.6 Å². The van der Waals surface area contributed by atoms with E-state index < -0.39 is 0 Å². The number of nitrogens with one attached hydrogen (secondary N) is 1. The second-order valence-electron chi connectivity index (χ2n) is 5.97. The van der Waals surface area contributed by atoms with E-state index in [2.05, 4.69) is 36.5 Å². The van der Waals surface area contributed by atoms with Gasteiger partial charge in [0.05, 0.1) is 0 Å². The zero-order valence-corrected chi connectivity index (χ0v) is 12.5. The molecule has 1 aliphatic carbocycles. The molecule has 3 rings (SSSR count). The van der Waals surface area contributed by atoms with Gasteiger partial charge in [-0.25, -0.2) is 4.39 Å². The zero-order valence-electron chi connectivity index (χ0n) is 12.5. The fourth-order valence-electron chi connectivity index (χ4n) is 3.25. The fraction of sp³-hybridized carbons (Fsp3) is 0.368. The molecule has 2 aromatic carbocycles. The van der Waals surface area contributed by atoms with Crippen LogP contribution in [-0.2, 0) is 6.42 Å². The summed E-state index contributed by atoms with van der Waals surface area (Å²) in [5, 5.41) is 3.61.